The van der Waals surface area contributed by atoms with E-state index in [9.17, 15) is 4.79 Å². The smallest absolute Gasteiger partial charge is 0.137 e. The summed E-state index contributed by atoms with van der Waals surface area (Å²) in [6.45, 7) is 9.01. The molecule has 0 aliphatic carbocycles. The van der Waals surface area contributed by atoms with E-state index in [2.05, 4.69) is 27.7 Å². The van der Waals surface area contributed by atoms with E-state index in [0.29, 0.717) is 30.6 Å². The molecule has 0 aromatic rings. The molecule has 14 heavy (non-hydrogen) atoms. The molecule has 0 aliphatic heterocycles. The van der Waals surface area contributed by atoms with Crippen molar-refractivity contribution in [2.75, 3.05) is 6.54 Å². The molecule has 0 radical (unpaired) electrons. The zero-order valence-electron chi connectivity index (χ0n) is 10.0. The topological polar surface area (TPSA) is 43.1 Å². The molecule has 0 spiro atoms. The van der Waals surface area contributed by atoms with Crippen LogP contribution < -0.4 is 5.73 Å². The van der Waals surface area contributed by atoms with Crippen molar-refractivity contribution in [2.45, 2.75) is 47.0 Å². The third-order valence-corrected chi connectivity index (χ3v) is 2.68. The summed E-state index contributed by atoms with van der Waals surface area (Å²) in [6, 6.07) is 0. The van der Waals surface area contributed by atoms with E-state index in [1.807, 2.05) is 0 Å². The minimum atomic E-state index is 0.0714. The molecule has 0 saturated carbocycles. The van der Waals surface area contributed by atoms with Gasteiger partial charge < -0.3 is 5.73 Å². The molecule has 2 N–H and O–H groups in total. The number of carbonyl (C=O) groups excluding carboxylic acids is 1. The molecular formula is C12H25NO. The Morgan fingerprint density at radius 1 is 1.21 bits per heavy atom. The van der Waals surface area contributed by atoms with Crippen LogP contribution in [0, 0.1) is 17.8 Å². The molecule has 0 amide bonds. The van der Waals surface area contributed by atoms with Crippen LogP contribution in [0.1, 0.15) is 47.0 Å². The number of hydrogen-bond acceptors (Lipinski definition) is 2. The summed E-state index contributed by atoms with van der Waals surface area (Å²) in [5, 5.41) is 0. The first kappa shape index (κ1) is 13.6. The first-order chi connectivity index (χ1) is 6.49. The van der Waals surface area contributed by atoms with Crippen LogP contribution in [0.2, 0.25) is 0 Å². The summed E-state index contributed by atoms with van der Waals surface area (Å²) >= 11 is 0. The van der Waals surface area contributed by atoms with Gasteiger partial charge in [-0.1, -0.05) is 34.1 Å². The predicted octanol–water partition coefficient (Wildman–Crippen LogP) is 2.61. The van der Waals surface area contributed by atoms with Crippen molar-refractivity contribution < 1.29 is 4.79 Å². The zero-order valence-corrected chi connectivity index (χ0v) is 10.0. The van der Waals surface area contributed by atoms with Gasteiger partial charge in [-0.3, -0.25) is 4.79 Å². The van der Waals surface area contributed by atoms with Gasteiger partial charge in [0, 0.05) is 18.9 Å². The van der Waals surface area contributed by atoms with Crippen LogP contribution in [-0.4, -0.2) is 12.3 Å². The van der Waals surface area contributed by atoms with Gasteiger partial charge in [0.1, 0.15) is 5.78 Å². The van der Waals surface area contributed by atoms with Crippen LogP contribution in [0.3, 0.4) is 0 Å². The van der Waals surface area contributed by atoms with Gasteiger partial charge in [0.15, 0.2) is 0 Å². The van der Waals surface area contributed by atoms with E-state index in [-0.39, 0.29) is 5.92 Å². The standard InChI is InChI=1S/C12H25NO/c1-9(2)6-5-7-12(14)11(8-13)10(3)4/h9-11H,5-8,13H2,1-4H3. The Morgan fingerprint density at radius 3 is 2.14 bits per heavy atom. The number of ketones is 1. The summed E-state index contributed by atoms with van der Waals surface area (Å²) in [4.78, 5) is 11.7. The first-order valence-electron chi connectivity index (χ1n) is 5.71. The second-order valence-corrected chi connectivity index (χ2v) is 4.84. The minimum absolute atomic E-state index is 0.0714. The molecule has 0 aromatic carbocycles. The minimum Gasteiger partial charge on any atom is -0.330 e. The lowest BCUT2D eigenvalue weighted by Gasteiger charge is -2.17. The van der Waals surface area contributed by atoms with Crippen LogP contribution in [0.4, 0.5) is 0 Å². The molecule has 2 heteroatoms. The maximum Gasteiger partial charge on any atom is 0.137 e. The average Bonchev–Trinajstić information content (AvgIpc) is 2.03. The number of rotatable bonds is 7. The summed E-state index contributed by atoms with van der Waals surface area (Å²) in [7, 11) is 0. The molecule has 1 unspecified atom stereocenters. The largest absolute Gasteiger partial charge is 0.330 e. The third-order valence-electron chi connectivity index (χ3n) is 2.68. The van der Waals surface area contributed by atoms with Crippen LogP contribution in [-0.2, 0) is 4.79 Å². The normalized spacial score (nSPS) is 13.6. The Hall–Kier alpha value is -0.370. The first-order valence-corrected chi connectivity index (χ1v) is 5.71. The zero-order chi connectivity index (χ0) is 11.1. The number of Topliss-reactive ketones (excluding diaryl/α,β-unsaturated/α-hetero) is 1. The van der Waals surface area contributed by atoms with Gasteiger partial charge in [-0.15, -0.1) is 0 Å². The fraction of sp³-hybridized carbons (Fsp3) is 0.917. The molecule has 0 rings (SSSR count). The van der Waals surface area contributed by atoms with Crippen LogP contribution in [0.5, 0.6) is 0 Å². The van der Waals surface area contributed by atoms with E-state index in [1.54, 1.807) is 0 Å². The average molecular weight is 199 g/mol. The maximum atomic E-state index is 11.7. The van der Waals surface area contributed by atoms with Crippen molar-refractivity contribution in [3.63, 3.8) is 0 Å². The fourth-order valence-corrected chi connectivity index (χ4v) is 1.65. The second-order valence-electron chi connectivity index (χ2n) is 4.84. The number of nitrogens with two attached hydrogens (primary N) is 1. The van der Waals surface area contributed by atoms with Crippen molar-refractivity contribution in [1.29, 1.82) is 0 Å². The third kappa shape index (κ3) is 5.38. The number of carbonyl (C=O) groups is 1. The molecule has 0 aromatic heterocycles. The Labute approximate surface area is 88.3 Å². The quantitative estimate of drug-likeness (QED) is 0.685. The SMILES string of the molecule is CC(C)CCCC(=O)C(CN)C(C)C. The van der Waals surface area contributed by atoms with Crippen LogP contribution in [0.25, 0.3) is 0 Å². The van der Waals surface area contributed by atoms with E-state index in [0.717, 1.165) is 12.8 Å². The van der Waals surface area contributed by atoms with Gasteiger partial charge in [-0.2, -0.15) is 0 Å². The molecule has 84 valence electrons. The van der Waals surface area contributed by atoms with E-state index in [4.69, 9.17) is 5.73 Å². The van der Waals surface area contributed by atoms with E-state index >= 15 is 0 Å². The monoisotopic (exact) mass is 199 g/mol. The molecule has 0 saturated heterocycles. The van der Waals surface area contributed by atoms with Gasteiger partial charge in [0.25, 0.3) is 0 Å². The molecule has 2 nitrogen and oxygen atoms in total. The lowest BCUT2D eigenvalue weighted by molar-refractivity contribution is -0.123. The van der Waals surface area contributed by atoms with E-state index in [1.165, 1.54) is 0 Å². The van der Waals surface area contributed by atoms with E-state index < -0.39 is 0 Å². The Balaban J connectivity index is 3.81. The lowest BCUT2D eigenvalue weighted by atomic mass is 9.88. The van der Waals surface area contributed by atoms with Crippen molar-refractivity contribution in [1.82, 2.24) is 0 Å². The van der Waals surface area contributed by atoms with Gasteiger partial charge >= 0.3 is 0 Å². The van der Waals surface area contributed by atoms with Crippen LogP contribution in [0.15, 0.2) is 0 Å². The number of hydrogen-bond donors (Lipinski definition) is 1. The van der Waals surface area contributed by atoms with Gasteiger partial charge in [-0.05, 0) is 18.3 Å². The highest BCUT2D eigenvalue weighted by atomic mass is 16.1. The summed E-state index contributed by atoms with van der Waals surface area (Å²) in [6.07, 6.45) is 2.86. The van der Waals surface area contributed by atoms with Gasteiger partial charge in [0.05, 0.1) is 0 Å². The molecule has 0 bridgehead atoms. The molecule has 0 aliphatic rings. The Bertz CT molecular complexity index is 164. The molecular weight excluding hydrogens is 174 g/mol. The Morgan fingerprint density at radius 2 is 1.79 bits per heavy atom. The fourth-order valence-electron chi connectivity index (χ4n) is 1.65. The van der Waals surface area contributed by atoms with Crippen molar-refractivity contribution in [2.24, 2.45) is 23.5 Å². The predicted molar refractivity (Wildman–Crippen MR) is 61.1 cm³/mol. The van der Waals surface area contributed by atoms with Crippen molar-refractivity contribution in [3.05, 3.63) is 0 Å². The van der Waals surface area contributed by atoms with Crippen molar-refractivity contribution >= 4 is 5.78 Å². The maximum absolute atomic E-state index is 11.7. The van der Waals surface area contributed by atoms with Gasteiger partial charge in [0.2, 0.25) is 0 Å². The van der Waals surface area contributed by atoms with Gasteiger partial charge in [-0.25, -0.2) is 0 Å². The summed E-state index contributed by atoms with van der Waals surface area (Å²) in [5.41, 5.74) is 5.59. The van der Waals surface area contributed by atoms with Crippen LogP contribution >= 0.6 is 0 Å². The highest BCUT2D eigenvalue weighted by Crippen LogP contribution is 2.15. The highest BCUT2D eigenvalue weighted by Gasteiger charge is 2.19. The summed E-state index contributed by atoms with van der Waals surface area (Å²) < 4.78 is 0. The Kier molecular flexibility index (Phi) is 6.81. The summed E-state index contributed by atoms with van der Waals surface area (Å²) in [5.74, 6) is 1.50. The molecule has 0 heterocycles. The molecule has 0 fully saturated rings. The second kappa shape index (κ2) is 6.99. The van der Waals surface area contributed by atoms with Crippen molar-refractivity contribution in [3.8, 4) is 0 Å². The lowest BCUT2D eigenvalue weighted by Crippen LogP contribution is -2.28. The molecule has 1 atom stereocenters. The highest BCUT2D eigenvalue weighted by molar-refractivity contribution is 5.81.